The van der Waals surface area contributed by atoms with Gasteiger partial charge in [-0.15, -0.1) is 0 Å². The summed E-state index contributed by atoms with van der Waals surface area (Å²) in [5.41, 5.74) is 2.17. The van der Waals surface area contributed by atoms with Gasteiger partial charge >= 0.3 is 5.97 Å². The van der Waals surface area contributed by atoms with Crippen LogP contribution in [0.2, 0.25) is 0 Å². The SMILES string of the molecule is COC(=O)CN(c1ccc(C(C)C)cc1)S(=O)(=O)c1ccc(OC)c(C)c1. The largest absolute Gasteiger partial charge is 0.496 e. The first-order valence-electron chi connectivity index (χ1n) is 8.55. The van der Waals surface area contributed by atoms with E-state index in [1.807, 2.05) is 12.1 Å². The van der Waals surface area contributed by atoms with E-state index in [2.05, 4.69) is 13.8 Å². The van der Waals surface area contributed by atoms with Gasteiger partial charge in [-0.3, -0.25) is 9.10 Å². The molecule has 0 spiro atoms. The van der Waals surface area contributed by atoms with Crippen LogP contribution in [0.3, 0.4) is 0 Å². The van der Waals surface area contributed by atoms with Crippen molar-refractivity contribution in [1.82, 2.24) is 0 Å². The summed E-state index contributed by atoms with van der Waals surface area (Å²) in [4.78, 5) is 11.9. The number of benzene rings is 2. The number of esters is 1. The lowest BCUT2D eigenvalue weighted by Gasteiger charge is -2.24. The average molecular weight is 391 g/mol. The van der Waals surface area contributed by atoms with Crippen molar-refractivity contribution < 1.29 is 22.7 Å². The van der Waals surface area contributed by atoms with E-state index in [0.29, 0.717) is 22.9 Å². The molecule has 2 rings (SSSR count). The molecule has 0 saturated heterocycles. The number of hydrogen-bond acceptors (Lipinski definition) is 5. The number of carbonyl (C=O) groups is 1. The molecule has 0 saturated carbocycles. The highest BCUT2D eigenvalue weighted by Gasteiger charge is 2.28. The highest BCUT2D eigenvalue weighted by Crippen LogP contribution is 2.28. The van der Waals surface area contributed by atoms with E-state index in [4.69, 9.17) is 9.47 Å². The summed E-state index contributed by atoms with van der Waals surface area (Å²) in [5.74, 6) is 0.264. The van der Waals surface area contributed by atoms with Gasteiger partial charge in [0.2, 0.25) is 0 Å². The van der Waals surface area contributed by atoms with E-state index >= 15 is 0 Å². The lowest BCUT2D eigenvalue weighted by Crippen LogP contribution is -2.36. The van der Waals surface area contributed by atoms with Gasteiger partial charge in [-0.05, 0) is 54.3 Å². The molecule has 146 valence electrons. The molecule has 0 atom stereocenters. The first-order chi connectivity index (χ1) is 12.7. The predicted molar refractivity (Wildman–Crippen MR) is 105 cm³/mol. The first-order valence-corrected chi connectivity index (χ1v) is 9.99. The summed E-state index contributed by atoms with van der Waals surface area (Å²) in [7, 11) is -1.21. The standard InChI is InChI=1S/C20H25NO5S/c1-14(2)16-6-8-17(9-7-16)21(13-20(22)26-5)27(23,24)18-10-11-19(25-4)15(3)12-18/h6-12,14H,13H2,1-5H3. The molecule has 6 nitrogen and oxygen atoms in total. The van der Waals surface area contributed by atoms with Crippen molar-refractivity contribution in [2.24, 2.45) is 0 Å². The normalized spacial score (nSPS) is 11.3. The first kappa shape index (κ1) is 20.8. The van der Waals surface area contributed by atoms with Gasteiger partial charge in [-0.2, -0.15) is 0 Å². The molecule has 0 aliphatic heterocycles. The van der Waals surface area contributed by atoms with E-state index in [1.54, 1.807) is 25.1 Å². The third-order valence-corrected chi connectivity index (χ3v) is 6.07. The Morgan fingerprint density at radius 3 is 2.19 bits per heavy atom. The van der Waals surface area contributed by atoms with Gasteiger partial charge in [-0.25, -0.2) is 8.42 Å². The van der Waals surface area contributed by atoms with Gasteiger partial charge in [-0.1, -0.05) is 26.0 Å². The Hall–Kier alpha value is -2.54. The van der Waals surface area contributed by atoms with Crippen LogP contribution in [0.5, 0.6) is 5.75 Å². The number of hydrogen-bond donors (Lipinski definition) is 0. The summed E-state index contributed by atoms with van der Waals surface area (Å²) in [6.07, 6.45) is 0. The van der Waals surface area contributed by atoms with Gasteiger partial charge < -0.3 is 9.47 Å². The number of rotatable bonds is 7. The zero-order valence-electron chi connectivity index (χ0n) is 16.2. The molecule has 0 bridgehead atoms. The van der Waals surface area contributed by atoms with Crippen LogP contribution in [0.25, 0.3) is 0 Å². The fraction of sp³-hybridized carbons (Fsp3) is 0.350. The molecule has 2 aromatic carbocycles. The zero-order valence-corrected chi connectivity index (χ0v) is 17.0. The zero-order chi connectivity index (χ0) is 20.2. The van der Waals surface area contributed by atoms with Crippen LogP contribution >= 0.6 is 0 Å². The van der Waals surface area contributed by atoms with Crippen molar-refractivity contribution in [3.8, 4) is 5.75 Å². The number of carbonyl (C=O) groups excluding carboxylic acids is 1. The Bertz CT molecular complexity index is 904. The molecular formula is C20H25NO5S. The van der Waals surface area contributed by atoms with Crippen LogP contribution in [-0.2, 0) is 19.6 Å². The maximum absolute atomic E-state index is 13.2. The van der Waals surface area contributed by atoms with Crippen LogP contribution in [0.15, 0.2) is 47.4 Å². The van der Waals surface area contributed by atoms with Crippen LogP contribution in [0.4, 0.5) is 5.69 Å². The second-order valence-electron chi connectivity index (χ2n) is 6.47. The Morgan fingerprint density at radius 2 is 1.70 bits per heavy atom. The molecule has 0 heterocycles. The maximum atomic E-state index is 13.2. The number of aryl methyl sites for hydroxylation is 1. The minimum atomic E-state index is -3.96. The predicted octanol–water partition coefficient (Wildman–Crippen LogP) is 3.50. The van der Waals surface area contributed by atoms with Crippen LogP contribution in [0, 0.1) is 6.92 Å². The molecule has 27 heavy (non-hydrogen) atoms. The number of anilines is 1. The van der Waals surface area contributed by atoms with Crippen molar-refractivity contribution in [3.63, 3.8) is 0 Å². The number of methoxy groups -OCH3 is 2. The second-order valence-corrected chi connectivity index (χ2v) is 8.33. The highest BCUT2D eigenvalue weighted by molar-refractivity contribution is 7.92. The van der Waals surface area contributed by atoms with Gasteiger partial charge in [0.05, 0.1) is 24.8 Å². The number of ether oxygens (including phenoxy) is 2. The van der Waals surface area contributed by atoms with E-state index in [1.165, 1.54) is 26.4 Å². The topological polar surface area (TPSA) is 72.9 Å². The van der Waals surface area contributed by atoms with Gasteiger partial charge in [0.15, 0.2) is 0 Å². The smallest absolute Gasteiger partial charge is 0.326 e. The van der Waals surface area contributed by atoms with Gasteiger partial charge in [0.1, 0.15) is 12.3 Å². The molecule has 0 aliphatic carbocycles. The second kappa shape index (κ2) is 8.43. The van der Waals surface area contributed by atoms with E-state index in [0.717, 1.165) is 9.87 Å². The van der Waals surface area contributed by atoms with Crippen molar-refractivity contribution in [3.05, 3.63) is 53.6 Å². The van der Waals surface area contributed by atoms with Crippen molar-refractivity contribution in [1.29, 1.82) is 0 Å². The quantitative estimate of drug-likeness (QED) is 0.676. The molecule has 2 aromatic rings. The fourth-order valence-electron chi connectivity index (χ4n) is 2.66. The van der Waals surface area contributed by atoms with E-state index in [-0.39, 0.29) is 4.90 Å². The fourth-order valence-corrected chi connectivity index (χ4v) is 4.16. The van der Waals surface area contributed by atoms with Crippen LogP contribution in [-0.4, -0.2) is 35.2 Å². The average Bonchev–Trinajstić information content (AvgIpc) is 2.65. The molecule has 0 fully saturated rings. The molecule has 7 heteroatoms. The van der Waals surface area contributed by atoms with Crippen molar-refractivity contribution >= 4 is 21.7 Å². The molecule has 0 unspecified atom stereocenters. The highest BCUT2D eigenvalue weighted by atomic mass is 32.2. The van der Waals surface area contributed by atoms with Crippen molar-refractivity contribution in [2.45, 2.75) is 31.6 Å². The summed E-state index contributed by atoms with van der Waals surface area (Å²) in [6, 6.07) is 11.7. The Labute approximate surface area is 160 Å². The Kier molecular flexibility index (Phi) is 6.49. The lowest BCUT2D eigenvalue weighted by molar-refractivity contribution is -0.138. The minimum absolute atomic E-state index is 0.0811. The van der Waals surface area contributed by atoms with Crippen molar-refractivity contribution in [2.75, 3.05) is 25.1 Å². The van der Waals surface area contributed by atoms with Crippen LogP contribution in [0.1, 0.15) is 30.9 Å². The molecule has 0 radical (unpaired) electrons. The maximum Gasteiger partial charge on any atom is 0.326 e. The van der Waals surface area contributed by atoms with E-state index < -0.39 is 22.5 Å². The molecular weight excluding hydrogens is 366 g/mol. The third kappa shape index (κ3) is 4.60. The molecule has 0 N–H and O–H groups in total. The van der Waals surface area contributed by atoms with Gasteiger partial charge in [0.25, 0.3) is 10.0 Å². The molecule has 0 aromatic heterocycles. The molecule has 0 aliphatic rings. The third-order valence-electron chi connectivity index (χ3n) is 4.30. The van der Waals surface area contributed by atoms with Gasteiger partial charge in [0, 0.05) is 0 Å². The number of nitrogens with zero attached hydrogens (tertiary/aromatic N) is 1. The summed E-state index contributed by atoms with van der Waals surface area (Å²) in [6.45, 7) is 5.46. The van der Waals surface area contributed by atoms with Crippen LogP contribution < -0.4 is 9.04 Å². The summed E-state index contributed by atoms with van der Waals surface area (Å²) >= 11 is 0. The Balaban J connectivity index is 2.51. The minimum Gasteiger partial charge on any atom is -0.496 e. The lowest BCUT2D eigenvalue weighted by atomic mass is 10.0. The monoisotopic (exact) mass is 391 g/mol. The molecule has 0 amide bonds. The summed E-state index contributed by atoms with van der Waals surface area (Å²) in [5, 5.41) is 0. The summed E-state index contributed by atoms with van der Waals surface area (Å²) < 4.78 is 37.4. The number of sulfonamides is 1. The Morgan fingerprint density at radius 1 is 1.07 bits per heavy atom. The van der Waals surface area contributed by atoms with E-state index in [9.17, 15) is 13.2 Å².